The van der Waals surface area contributed by atoms with E-state index in [4.69, 9.17) is 0 Å². The number of halogens is 1. The molecule has 2 aromatic carbocycles. The lowest BCUT2D eigenvalue weighted by Gasteiger charge is -2.09. The number of carbonyl (C=O) groups is 2. The zero-order valence-corrected chi connectivity index (χ0v) is 16.7. The van der Waals surface area contributed by atoms with E-state index in [0.717, 1.165) is 23.5 Å². The molecule has 2 amide bonds. The minimum Gasteiger partial charge on any atom is -0.321 e. The lowest BCUT2D eigenvalue weighted by Crippen LogP contribution is -2.13. The molecule has 0 unspecified atom stereocenters. The Morgan fingerprint density at radius 2 is 1.48 bits per heavy atom. The predicted octanol–water partition coefficient (Wildman–Crippen LogP) is 3.90. The molecular formula is C19H16FN3O4S2. The molecule has 29 heavy (non-hydrogen) atoms. The molecule has 3 rings (SSSR count). The van der Waals surface area contributed by atoms with Gasteiger partial charge in [0.05, 0.1) is 14.8 Å². The molecule has 0 saturated carbocycles. The topological polar surface area (TPSA) is 104 Å². The van der Waals surface area contributed by atoms with Crippen LogP contribution in [0.25, 0.3) is 0 Å². The third-order valence-corrected chi connectivity index (χ3v) is 6.04. The van der Waals surface area contributed by atoms with Gasteiger partial charge in [0.1, 0.15) is 5.82 Å². The number of amides is 2. The molecule has 0 aliphatic heterocycles. The highest BCUT2D eigenvalue weighted by Crippen LogP contribution is 2.24. The van der Waals surface area contributed by atoms with Crippen molar-refractivity contribution in [1.29, 1.82) is 0 Å². The summed E-state index contributed by atoms with van der Waals surface area (Å²) in [5.41, 5.74) is 0.755. The van der Waals surface area contributed by atoms with E-state index in [-0.39, 0.29) is 22.4 Å². The second-order valence-electron chi connectivity index (χ2n) is 5.94. The van der Waals surface area contributed by atoms with Gasteiger partial charge < -0.3 is 10.6 Å². The number of sulfonamides is 1. The van der Waals surface area contributed by atoms with Crippen molar-refractivity contribution in [3.8, 4) is 0 Å². The lowest BCUT2D eigenvalue weighted by atomic mass is 10.3. The zero-order chi connectivity index (χ0) is 21.0. The Morgan fingerprint density at radius 1 is 0.862 bits per heavy atom. The second-order valence-corrected chi connectivity index (χ2v) is 8.70. The Bertz CT molecular complexity index is 1140. The van der Waals surface area contributed by atoms with Gasteiger partial charge in [-0.2, -0.15) is 0 Å². The van der Waals surface area contributed by atoms with Crippen LogP contribution in [0.4, 0.5) is 20.8 Å². The van der Waals surface area contributed by atoms with Crippen LogP contribution >= 0.6 is 11.3 Å². The number of anilines is 3. The average Bonchev–Trinajstić information content (AvgIpc) is 3.11. The maximum absolute atomic E-state index is 13.0. The molecule has 0 aliphatic rings. The number of benzene rings is 2. The quantitative estimate of drug-likeness (QED) is 0.548. The van der Waals surface area contributed by atoms with Gasteiger partial charge in [0.15, 0.2) is 0 Å². The van der Waals surface area contributed by atoms with Crippen LogP contribution in [0, 0.1) is 5.82 Å². The highest BCUT2D eigenvalue weighted by molar-refractivity contribution is 7.92. The monoisotopic (exact) mass is 433 g/mol. The van der Waals surface area contributed by atoms with Gasteiger partial charge in [-0.3, -0.25) is 14.3 Å². The summed E-state index contributed by atoms with van der Waals surface area (Å²) >= 11 is 1.14. The van der Waals surface area contributed by atoms with Crippen molar-refractivity contribution in [2.75, 3.05) is 15.4 Å². The van der Waals surface area contributed by atoms with Gasteiger partial charge in [0.2, 0.25) is 5.91 Å². The fourth-order valence-electron chi connectivity index (χ4n) is 2.34. The molecule has 0 atom stereocenters. The van der Waals surface area contributed by atoms with Crippen LogP contribution < -0.4 is 15.4 Å². The minimum absolute atomic E-state index is 0.0658. The number of nitrogens with one attached hydrogen (secondary N) is 3. The van der Waals surface area contributed by atoms with Gasteiger partial charge >= 0.3 is 0 Å². The molecule has 10 heteroatoms. The van der Waals surface area contributed by atoms with E-state index in [2.05, 4.69) is 15.4 Å². The number of hydrogen-bond acceptors (Lipinski definition) is 5. The molecule has 0 aliphatic carbocycles. The fourth-order valence-corrected chi connectivity index (χ4v) is 4.25. The standard InChI is InChI=1S/C19H16FN3O4S2/c1-12(24)21-18-11-10-17(28-18)19(25)22-14-4-6-15(7-5-14)23-29(26,27)16-8-2-13(20)3-9-16/h2-11,23H,1H3,(H,21,24)(H,22,25). The highest BCUT2D eigenvalue weighted by atomic mass is 32.2. The highest BCUT2D eigenvalue weighted by Gasteiger charge is 2.15. The van der Waals surface area contributed by atoms with E-state index in [1.54, 1.807) is 24.3 Å². The molecule has 3 aromatic rings. The van der Waals surface area contributed by atoms with Crippen molar-refractivity contribution >= 4 is 49.6 Å². The van der Waals surface area contributed by atoms with Crippen molar-refractivity contribution in [2.24, 2.45) is 0 Å². The molecule has 1 aromatic heterocycles. The SMILES string of the molecule is CC(=O)Nc1ccc(C(=O)Nc2ccc(NS(=O)(=O)c3ccc(F)cc3)cc2)s1. The molecule has 7 nitrogen and oxygen atoms in total. The molecule has 3 N–H and O–H groups in total. The Morgan fingerprint density at radius 3 is 2.10 bits per heavy atom. The van der Waals surface area contributed by atoms with Crippen LogP contribution in [0.2, 0.25) is 0 Å². The van der Waals surface area contributed by atoms with E-state index in [9.17, 15) is 22.4 Å². The smallest absolute Gasteiger partial charge is 0.265 e. The van der Waals surface area contributed by atoms with Gasteiger partial charge in [-0.15, -0.1) is 11.3 Å². The normalized spacial score (nSPS) is 11.0. The fraction of sp³-hybridized carbons (Fsp3) is 0.0526. The number of thiophene rings is 1. The van der Waals surface area contributed by atoms with Gasteiger partial charge in [-0.1, -0.05) is 0 Å². The zero-order valence-electron chi connectivity index (χ0n) is 15.1. The van der Waals surface area contributed by atoms with E-state index in [1.807, 2.05) is 0 Å². The van der Waals surface area contributed by atoms with Gasteiger partial charge in [0.25, 0.3) is 15.9 Å². The largest absolute Gasteiger partial charge is 0.321 e. The van der Waals surface area contributed by atoms with Crippen LogP contribution in [0.3, 0.4) is 0 Å². The van der Waals surface area contributed by atoms with Crippen molar-refractivity contribution < 1.29 is 22.4 Å². The van der Waals surface area contributed by atoms with Gasteiger partial charge in [-0.25, -0.2) is 12.8 Å². The second kappa shape index (κ2) is 8.41. The maximum Gasteiger partial charge on any atom is 0.265 e. The van der Waals surface area contributed by atoms with Crippen LogP contribution in [0.15, 0.2) is 65.6 Å². The lowest BCUT2D eigenvalue weighted by molar-refractivity contribution is -0.114. The molecular weight excluding hydrogens is 417 g/mol. The van der Waals surface area contributed by atoms with Crippen molar-refractivity contribution in [3.05, 3.63) is 71.4 Å². The summed E-state index contributed by atoms with van der Waals surface area (Å²) in [7, 11) is -3.85. The average molecular weight is 433 g/mol. The number of hydrogen-bond donors (Lipinski definition) is 3. The molecule has 0 radical (unpaired) electrons. The predicted molar refractivity (Wildman–Crippen MR) is 110 cm³/mol. The Kier molecular flexibility index (Phi) is 5.95. The van der Waals surface area contributed by atoms with Crippen LogP contribution in [-0.2, 0) is 14.8 Å². The maximum atomic E-state index is 13.0. The Labute approximate surface area is 170 Å². The third kappa shape index (κ3) is 5.39. The minimum atomic E-state index is -3.85. The molecule has 0 saturated heterocycles. The summed E-state index contributed by atoms with van der Waals surface area (Å²) in [4.78, 5) is 23.7. The molecule has 0 fully saturated rings. The van der Waals surface area contributed by atoms with Crippen molar-refractivity contribution in [2.45, 2.75) is 11.8 Å². The molecule has 0 spiro atoms. The number of carbonyl (C=O) groups excluding carboxylic acids is 2. The van der Waals surface area contributed by atoms with Crippen LogP contribution in [0.5, 0.6) is 0 Å². The van der Waals surface area contributed by atoms with Gasteiger partial charge in [0, 0.05) is 18.3 Å². The first kappa shape index (κ1) is 20.5. The third-order valence-electron chi connectivity index (χ3n) is 3.65. The molecule has 0 bridgehead atoms. The van der Waals surface area contributed by atoms with Crippen molar-refractivity contribution in [1.82, 2.24) is 0 Å². The van der Waals surface area contributed by atoms with E-state index in [0.29, 0.717) is 15.6 Å². The summed E-state index contributed by atoms with van der Waals surface area (Å²) in [5, 5.41) is 5.86. The Balaban J connectivity index is 1.65. The molecule has 150 valence electrons. The van der Waals surface area contributed by atoms with Crippen LogP contribution in [0.1, 0.15) is 16.6 Å². The van der Waals surface area contributed by atoms with E-state index < -0.39 is 15.8 Å². The molecule has 1 heterocycles. The first-order chi connectivity index (χ1) is 13.7. The van der Waals surface area contributed by atoms with Gasteiger partial charge in [-0.05, 0) is 60.7 Å². The van der Waals surface area contributed by atoms with Crippen LogP contribution in [-0.4, -0.2) is 20.2 Å². The Hall–Kier alpha value is -3.24. The summed E-state index contributed by atoms with van der Waals surface area (Å²) < 4.78 is 40.0. The first-order valence-corrected chi connectivity index (χ1v) is 10.6. The van der Waals surface area contributed by atoms with E-state index >= 15 is 0 Å². The summed E-state index contributed by atoms with van der Waals surface area (Å²) in [6.45, 7) is 1.38. The summed E-state index contributed by atoms with van der Waals surface area (Å²) in [5.74, 6) is -1.11. The summed E-state index contributed by atoms with van der Waals surface area (Å²) in [6.07, 6.45) is 0. The van der Waals surface area contributed by atoms with E-state index in [1.165, 1.54) is 31.2 Å². The number of rotatable bonds is 6. The first-order valence-electron chi connectivity index (χ1n) is 8.30. The summed E-state index contributed by atoms with van der Waals surface area (Å²) in [6, 6.07) is 13.8. The van der Waals surface area contributed by atoms with Crippen molar-refractivity contribution in [3.63, 3.8) is 0 Å².